The predicted molar refractivity (Wildman–Crippen MR) is 119 cm³/mol. The molecule has 0 bridgehead atoms. The van der Waals surface area contributed by atoms with Crippen molar-refractivity contribution in [2.75, 3.05) is 13.2 Å². The van der Waals surface area contributed by atoms with Gasteiger partial charge in [0.2, 0.25) is 0 Å². The molecule has 170 valence electrons. The highest BCUT2D eigenvalue weighted by molar-refractivity contribution is 5.79. The van der Waals surface area contributed by atoms with Crippen molar-refractivity contribution in [3.63, 3.8) is 0 Å². The van der Waals surface area contributed by atoms with E-state index in [1.807, 2.05) is 32.0 Å². The van der Waals surface area contributed by atoms with E-state index in [1.165, 1.54) is 20.0 Å². The van der Waals surface area contributed by atoms with E-state index in [9.17, 15) is 14.4 Å². The number of esters is 1. The highest BCUT2D eigenvalue weighted by Crippen LogP contribution is 2.23. The van der Waals surface area contributed by atoms with Crippen LogP contribution in [0, 0.1) is 13.8 Å². The van der Waals surface area contributed by atoms with Gasteiger partial charge in [-0.3, -0.25) is 9.36 Å². The molecule has 4 rings (SSSR count). The van der Waals surface area contributed by atoms with Crippen LogP contribution in [0.15, 0.2) is 34.1 Å². The molecular formula is C23H28N4O5. The molecule has 1 aliphatic heterocycles. The zero-order chi connectivity index (χ0) is 23.0. The maximum atomic E-state index is 13.6. The summed E-state index contributed by atoms with van der Waals surface area (Å²) >= 11 is 0. The van der Waals surface area contributed by atoms with Crippen LogP contribution in [0.4, 0.5) is 0 Å². The zero-order valence-corrected chi connectivity index (χ0v) is 18.8. The number of ether oxygens (including phenoxy) is 2. The van der Waals surface area contributed by atoms with Crippen molar-refractivity contribution in [2.45, 2.75) is 59.2 Å². The van der Waals surface area contributed by atoms with E-state index in [0.29, 0.717) is 12.3 Å². The van der Waals surface area contributed by atoms with Crippen LogP contribution in [0.3, 0.4) is 0 Å². The fourth-order valence-corrected chi connectivity index (χ4v) is 4.33. The normalized spacial score (nSPS) is 17.1. The summed E-state index contributed by atoms with van der Waals surface area (Å²) in [6.07, 6.45) is 2.90. The summed E-state index contributed by atoms with van der Waals surface area (Å²) in [5.41, 5.74) is 1.88. The van der Waals surface area contributed by atoms with Gasteiger partial charge in [0.1, 0.15) is 6.04 Å². The highest BCUT2D eigenvalue weighted by atomic mass is 16.5. The number of benzene rings is 1. The molecule has 3 aromatic rings. The Morgan fingerprint density at radius 2 is 2.00 bits per heavy atom. The lowest BCUT2D eigenvalue weighted by molar-refractivity contribution is -0.146. The number of aryl methyl sites for hydroxylation is 2. The van der Waals surface area contributed by atoms with Gasteiger partial charge in [-0.05, 0) is 51.7 Å². The summed E-state index contributed by atoms with van der Waals surface area (Å²) in [7, 11) is 0. The van der Waals surface area contributed by atoms with Gasteiger partial charge < -0.3 is 14.0 Å². The van der Waals surface area contributed by atoms with Crippen molar-refractivity contribution < 1.29 is 14.3 Å². The van der Waals surface area contributed by atoms with Crippen LogP contribution in [0.25, 0.3) is 16.9 Å². The van der Waals surface area contributed by atoms with Crippen molar-refractivity contribution in [1.82, 2.24) is 18.7 Å². The van der Waals surface area contributed by atoms with Crippen LogP contribution >= 0.6 is 0 Å². The van der Waals surface area contributed by atoms with E-state index in [-0.39, 0.29) is 30.4 Å². The van der Waals surface area contributed by atoms with Crippen molar-refractivity contribution >= 4 is 17.1 Å². The minimum absolute atomic E-state index is 0.150. The molecule has 0 amide bonds. The number of carbonyl (C=O) groups is 1. The Balaban J connectivity index is 2.03. The molecule has 2 atom stereocenters. The molecular weight excluding hydrogens is 412 g/mol. The molecule has 1 aliphatic rings. The monoisotopic (exact) mass is 440 g/mol. The van der Waals surface area contributed by atoms with Gasteiger partial charge in [0.15, 0.2) is 11.2 Å². The van der Waals surface area contributed by atoms with Gasteiger partial charge in [-0.25, -0.2) is 19.1 Å². The van der Waals surface area contributed by atoms with Gasteiger partial charge in [-0.15, -0.1) is 0 Å². The fourth-order valence-electron chi connectivity index (χ4n) is 4.33. The number of aromatic nitrogens is 4. The summed E-state index contributed by atoms with van der Waals surface area (Å²) in [5, 5.41) is 0. The SMILES string of the molecule is CCOC(=O)[C@H](C)n1cnc2c1c(=O)n(C[C@H]1CCCO1)c(=O)n2-c1c(C)cccc1C. The van der Waals surface area contributed by atoms with E-state index in [2.05, 4.69) is 4.98 Å². The molecule has 3 heterocycles. The molecule has 32 heavy (non-hydrogen) atoms. The lowest BCUT2D eigenvalue weighted by Gasteiger charge is -2.18. The maximum Gasteiger partial charge on any atom is 0.337 e. The van der Waals surface area contributed by atoms with E-state index in [4.69, 9.17) is 9.47 Å². The second-order valence-corrected chi connectivity index (χ2v) is 8.16. The number of hydrogen-bond acceptors (Lipinski definition) is 6. The number of imidazole rings is 1. The quantitative estimate of drug-likeness (QED) is 0.546. The van der Waals surface area contributed by atoms with Crippen LogP contribution in [0.1, 0.15) is 43.9 Å². The minimum Gasteiger partial charge on any atom is -0.464 e. The molecule has 1 fully saturated rings. The molecule has 9 heteroatoms. The van der Waals surface area contributed by atoms with Crippen LogP contribution in [-0.2, 0) is 20.8 Å². The van der Waals surface area contributed by atoms with Crippen LogP contribution in [-0.4, -0.2) is 44.0 Å². The van der Waals surface area contributed by atoms with Crippen LogP contribution in [0.5, 0.6) is 0 Å². The standard InChI is InChI=1S/C23H28N4O5/c1-5-31-22(29)16(4)26-13-24-20-19(26)21(28)25(12-17-10-7-11-32-17)23(30)27(20)18-14(2)8-6-9-15(18)3/h6,8-9,13,16-17H,5,7,10-12H2,1-4H3/t16-,17+/m0/s1. The second kappa shape index (κ2) is 8.74. The third kappa shape index (κ3) is 3.66. The van der Waals surface area contributed by atoms with Crippen molar-refractivity contribution in [1.29, 1.82) is 0 Å². The highest BCUT2D eigenvalue weighted by Gasteiger charge is 2.27. The summed E-state index contributed by atoms with van der Waals surface area (Å²) in [4.78, 5) is 44.0. The van der Waals surface area contributed by atoms with Crippen molar-refractivity contribution in [3.05, 3.63) is 56.5 Å². The summed E-state index contributed by atoms with van der Waals surface area (Å²) in [6, 6.07) is 4.97. The Labute approximate surface area is 185 Å². The molecule has 1 aromatic carbocycles. The summed E-state index contributed by atoms with van der Waals surface area (Å²) in [6.45, 7) is 8.19. The number of para-hydroxylation sites is 1. The maximum absolute atomic E-state index is 13.6. The number of nitrogens with zero attached hydrogens (tertiary/aromatic N) is 4. The third-order valence-corrected chi connectivity index (χ3v) is 5.97. The number of rotatable bonds is 6. The molecule has 0 N–H and O–H groups in total. The average molecular weight is 441 g/mol. The van der Waals surface area contributed by atoms with E-state index in [0.717, 1.165) is 24.0 Å². The van der Waals surface area contributed by atoms with Gasteiger partial charge in [0.25, 0.3) is 5.56 Å². The molecule has 9 nitrogen and oxygen atoms in total. The van der Waals surface area contributed by atoms with Crippen molar-refractivity contribution in [2.24, 2.45) is 0 Å². The topological polar surface area (TPSA) is 97.4 Å². The second-order valence-electron chi connectivity index (χ2n) is 8.16. The molecule has 2 aromatic heterocycles. The van der Waals surface area contributed by atoms with Gasteiger partial charge in [0.05, 0.1) is 31.3 Å². The molecule has 1 saturated heterocycles. The van der Waals surface area contributed by atoms with E-state index < -0.39 is 23.3 Å². The summed E-state index contributed by atoms with van der Waals surface area (Å²) < 4.78 is 15.0. The predicted octanol–water partition coefficient (Wildman–Crippen LogP) is 2.27. The fraction of sp³-hybridized carbons (Fsp3) is 0.478. The lowest BCUT2D eigenvalue weighted by Crippen LogP contribution is -2.43. The van der Waals surface area contributed by atoms with Gasteiger partial charge in [0, 0.05) is 6.61 Å². The molecule has 0 radical (unpaired) electrons. The first-order valence-electron chi connectivity index (χ1n) is 10.9. The Bertz CT molecular complexity index is 1260. The zero-order valence-electron chi connectivity index (χ0n) is 18.8. The molecule has 0 saturated carbocycles. The Morgan fingerprint density at radius 3 is 2.62 bits per heavy atom. The number of fused-ring (bicyclic) bond motifs is 1. The first kappa shape index (κ1) is 22.0. The lowest BCUT2D eigenvalue weighted by atomic mass is 10.1. The molecule has 0 spiro atoms. The Kier molecular flexibility index (Phi) is 6.01. The van der Waals surface area contributed by atoms with Gasteiger partial charge in [-0.2, -0.15) is 0 Å². The van der Waals surface area contributed by atoms with Crippen LogP contribution in [0.2, 0.25) is 0 Å². The van der Waals surface area contributed by atoms with E-state index >= 15 is 0 Å². The first-order valence-corrected chi connectivity index (χ1v) is 10.9. The minimum atomic E-state index is -0.771. The number of hydrogen-bond donors (Lipinski definition) is 0. The first-order chi connectivity index (χ1) is 15.3. The Morgan fingerprint density at radius 1 is 1.28 bits per heavy atom. The van der Waals surface area contributed by atoms with Crippen LogP contribution < -0.4 is 11.2 Å². The molecule has 0 aliphatic carbocycles. The smallest absolute Gasteiger partial charge is 0.337 e. The molecule has 0 unspecified atom stereocenters. The average Bonchev–Trinajstić information content (AvgIpc) is 3.43. The summed E-state index contributed by atoms with van der Waals surface area (Å²) in [5.74, 6) is -0.471. The Hall–Kier alpha value is -3.20. The van der Waals surface area contributed by atoms with Gasteiger partial charge >= 0.3 is 11.7 Å². The van der Waals surface area contributed by atoms with E-state index in [1.54, 1.807) is 13.8 Å². The largest absolute Gasteiger partial charge is 0.464 e. The number of carbonyl (C=O) groups excluding carboxylic acids is 1. The third-order valence-electron chi connectivity index (χ3n) is 5.97. The van der Waals surface area contributed by atoms with Gasteiger partial charge in [-0.1, -0.05) is 18.2 Å². The van der Waals surface area contributed by atoms with Crippen molar-refractivity contribution in [3.8, 4) is 5.69 Å².